The lowest BCUT2D eigenvalue weighted by molar-refractivity contribution is -0.116. The van der Waals surface area contributed by atoms with Gasteiger partial charge in [-0.15, -0.1) is 0 Å². The van der Waals surface area contributed by atoms with Crippen LogP contribution in [0.3, 0.4) is 0 Å². The van der Waals surface area contributed by atoms with Crippen LogP contribution >= 0.6 is 0 Å². The van der Waals surface area contributed by atoms with Crippen LogP contribution in [0.25, 0.3) is 11.6 Å². The molecular weight excluding hydrogens is 374 g/mol. The van der Waals surface area contributed by atoms with Crippen LogP contribution in [0.1, 0.15) is 36.1 Å². The lowest BCUT2D eigenvalue weighted by Gasteiger charge is -2.19. The van der Waals surface area contributed by atoms with Crippen molar-refractivity contribution in [2.75, 3.05) is 14.2 Å². The molecule has 0 radical (unpaired) electrons. The van der Waals surface area contributed by atoms with E-state index in [2.05, 4.69) is 12.2 Å². The quantitative estimate of drug-likeness (QED) is 0.400. The first-order valence-electron chi connectivity index (χ1n) is 10.0. The third-order valence-electron chi connectivity index (χ3n) is 4.99. The molecule has 0 aliphatic heterocycles. The second kappa shape index (κ2) is 10.3. The number of ether oxygens (including phenoxy) is 2. The molecular formula is C26H27NO3. The molecule has 3 rings (SSSR count). The summed E-state index contributed by atoms with van der Waals surface area (Å²) in [5.41, 5.74) is 3.47. The average molecular weight is 402 g/mol. The minimum Gasteiger partial charge on any atom is -0.497 e. The SMILES string of the molecule is CC[C@H](NC(=O)/C(=C/c1ccc(OC)cc1)c1ccccc1)c1ccc(OC)cc1. The number of rotatable bonds is 8. The van der Waals surface area contributed by atoms with Gasteiger partial charge in [-0.2, -0.15) is 0 Å². The van der Waals surface area contributed by atoms with Crippen molar-refractivity contribution in [3.05, 3.63) is 95.6 Å². The van der Waals surface area contributed by atoms with Crippen molar-refractivity contribution in [3.63, 3.8) is 0 Å². The Morgan fingerprint density at radius 3 is 1.97 bits per heavy atom. The van der Waals surface area contributed by atoms with Gasteiger partial charge in [-0.3, -0.25) is 4.79 Å². The zero-order valence-electron chi connectivity index (χ0n) is 17.6. The second-order valence-electron chi connectivity index (χ2n) is 6.90. The molecule has 0 spiro atoms. The van der Waals surface area contributed by atoms with E-state index in [1.807, 2.05) is 84.9 Å². The number of carbonyl (C=O) groups is 1. The van der Waals surface area contributed by atoms with Crippen LogP contribution in [-0.2, 0) is 4.79 Å². The smallest absolute Gasteiger partial charge is 0.252 e. The lowest BCUT2D eigenvalue weighted by atomic mass is 9.99. The van der Waals surface area contributed by atoms with Gasteiger partial charge < -0.3 is 14.8 Å². The lowest BCUT2D eigenvalue weighted by Crippen LogP contribution is -2.28. The van der Waals surface area contributed by atoms with E-state index in [-0.39, 0.29) is 11.9 Å². The van der Waals surface area contributed by atoms with Gasteiger partial charge in [-0.1, -0.05) is 61.5 Å². The number of carbonyl (C=O) groups excluding carboxylic acids is 1. The van der Waals surface area contributed by atoms with Crippen LogP contribution in [0.2, 0.25) is 0 Å². The van der Waals surface area contributed by atoms with Gasteiger partial charge in [0.1, 0.15) is 11.5 Å². The second-order valence-corrected chi connectivity index (χ2v) is 6.90. The number of hydrogen-bond acceptors (Lipinski definition) is 3. The molecule has 0 saturated heterocycles. The molecule has 1 N–H and O–H groups in total. The number of benzene rings is 3. The van der Waals surface area contributed by atoms with E-state index in [9.17, 15) is 4.79 Å². The predicted octanol–water partition coefficient (Wildman–Crippen LogP) is 5.51. The highest BCUT2D eigenvalue weighted by Crippen LogP contribution is 2.24. The summed E-state index contributed by atoms with van der Waals surface area (Å²) in [7, 11) is 3.28. The summed E-state index contributed by atoms with van der Waals surface area (Å²) >= 11 is 0. The fourth-order valence-electron chi connectivity index (χ4n) is 3.26. The highest BCUT2D eigenvalue weighted by Gasteiger charge is 2.17. The molecule has 0 aliphatic rings. The van der Waals surface area contributed by atoms with Crippen molar-refractivity contribution in [2.45, 2.75) is 19.4 Å². The fourth-order valence-corrected chi connectivity index (χ4v) is 3.26. The number of methoxy groups -OCH3 is 2. The Kier molecular flexibility index (Phi) is 7.28. The Bertz CT molecular complexity index is 977. The maximum Gasteiger partial charge on any atom is 0.252 e. The van der Waals surface area contributed by atoms with Crippen LogP contribution < -0.4 is 14.8 Å². The molecule has 0 saturated carbocycles. The van der Waals surface area contributed by atoms with Gasteiger partial charge in [0.2, 0.25) is 0 Å². The maximum absolute atomic E-state index is 13.3. The maximum atomic E-state index is 13.3. The third-order valence-corrected chi connectivity index (χ3v) is 4.99. The molecule has 0 unspecified atom stereocenters. The monoisotopic (exact) mass is 401 g/mol. The van der Waals surface area contributed by atoms with Crippen molar-refractivity contribution in [2.24, 2.45) is 0 Å². The van der Waals surface area contributed by atoms with E-state index in [4.69, 9.17) is 9.47 Å². The molecule has 3 aromatic carbocycles. The van der Waals surface area contributed by atoms with Gasteiger partial charge in [0, 0.05) is 5.57 Å². The molecule has 3 aromatic rings. The molecule has 30 heavy (non-hydrogen) atoms. The fraction of sp³-hybridized carbons (Fsp3) is 0.192. The third kappa shape index (κ3) is 5.29. The van der Waals surface area contributed by atoms with Crippen molar-refractivity contribution < 1.29 is 14.3 Å². The van der Waals surface area contributed by atoms with Gasteiger partial charge in [-0.05, 0) is 53.5 Å². The Labute approximate surface area is 178 Å². The van der Waals surface area contributed by atoms with Gasteiger partial charge in [0.15, 0.2) is 0 Å². The van der Waals surface area contributed by atoms with Crippen LogP contribution in [0, 0.1) is 0 Å². The highest BCUT2D eigenvalue weighted by atomic mass is 16.5. The first kappa shape index (κ1) is 21.2. The van der Waals surface area contributed by atoms with Crippen LogP contribution in [0.5, 0.6) is 11.5 Å². The van der Waals surface area contributed by atoms with Gasteiger partial charge in [0.05, 0.1) is 20.3 Å². The van der Waals surface area contributed by atoms with E-state index in [0.717, 1.165) is 34.6 Å². The van der Waals surface area contributed by atoms with Crippen molar-refractivity contribution in [1.29, 1.82) is 0 Å². The molecule has 0 fully saturated rings. The average Bonchev–Trinajstić information content (AvgIpc) is 2.82. The summed E-state index contributed by atoms with van der Waals surface area (Å²) in [5.74, 6) is 1.47. The Morgan fingerprint density at radius 2 is 1.43 bits per heavy atom. The molecule has 4 nitrogen and oxygen atoms in total. The summed E-state index contributed by atoms with van der Waals surface area (Å²) in [6.07, 6.45) is 2.69. The Balaban J connectivity index is 1.89. The van der Waals surface area contributed by atoms with Crippen LogP contribution in [-0.4, -0.2) is 20.1 Å². The number of amides is 1. The zero-order valence-corrected chi connectivity index (χ0v) is 17.6. The van der Waals surface area contributed by atoms with E-state index >= 15 is 0 Å². The molecule has 0 bridgehead atoms. The standard InChI is InChI=1S/C26H27NO3/c1-4-25(21-12-16-23(30-3)17-13-21)27-26(28)24(20-8-6-5-7-9-20)18-19-10-14-22(29-2)15-11-19/h5-18,25H,4H2,1-3H3,(H,27,28)/b24-18+/t25-/m0/s1. The molecule has 0 aromatic heterocycles. The molecule has 154 valence electrons. The van der Waals surface area contributed by atoms with Gasteiger partial charge in [0.25, 0.3) is 5.91 Å². The van der Waals surface area contributed by atoms with Crippen LogP contribution in [0.4, 0.5) is 0 Å². The minimum atomic E-state index is -0.111. The molecule has 1 amide bonds. The first-order valence-corrected chi connectivity index (χ1v) is 10.0. The minimum absolute atomic E-state index is 0.0913. The first-order chi connectivity index (χ1) is 14.6. The van der Waals surface area contributed by atoms with E-state index < -0.39 is 0 Å². The summed E-state index contributed by atoms with van der Waals surface area (Å²) in [6, 6.07) is 25.1. The van der Waals surface area contributed by atoms with E-state index in [1.54, 1.807) is 14.2 Å². The highest BCUT2D eigenvalue weighted by molar-refractivity contribution is 6.24. The van der Waals surface area contributed by atoms with Gasteiger partial charge >= 0.3 is 0 Å². The topological polar surface area (TPSA) is 47.6 Å². The van der Waals surface area contributed by atoms with Crippen molar-refractivity contribution >= 4 is 17.6 Å². The van der Waals surface area contributed by atoms with E-state index in [1.165, 1.54) is 0 Å². The molecule has 0 aliphatic carbocycles. The Hall–Kier alpha value is -3.53. The number of hydrogen-bond donors (Lipinski definition) is 1. The Morgan fingerprint density at radius 1 is 0.867 bits per heavy atom. The zero-order chi connectivity index (χ0) is 21.3. The van der Waals surface area contributed by atoms with Crippen molar-refractivity contribution in [3.8, 4) is 11.5 Å². The van der Waals surface area contributed by atoms with Crippen molar-refractivity contribution in [1.82, 2.24) is 5.32 Å². The summed E-state index contributed by atoms with van der Waals surface area (Å²) < 4.78 is 10.5. The van der Waals surface area contributed by atoms with Gasteiger partial charge in [-0.25, -0.2) is 0 Å². The largest absolute Gasteiger partial charge is 0.497 e. The summed E-state index contributed by atoms with van der Waals surface area (Å²) in [6.45, 7) is 2.06. The summed E-state index contributed by atoms with van der Waals surface area (Å²) in [4.78, 5) is 13.3. The molecule has 0 heterocycles. The number of nitrogens with one attached hydrogen (secondary N) is 1. The molecule has 4 heteroatoms. The summed E-state index contributed by atoms with van der Waals surface area (Å²) in [5, 5.41) is 3.19. The molecule has 1 atom stereocenters. The normalized spacial score (nSPS) is 12.2. The van der Waals surface area contributed by atoms with E-state index in [0.29, 0.717) is 5.57 Å². The predicted molar refractivity (Wildman–Crippen MR) is 121 cm³/mol. The van der Waals surface area contributed by atoms with Crippen LogP contribution in [0.15, 0.2) is 78.9 Å².